The van der Waals surface area contributed by atoms with Crippen LogP contribution in [0, 0.1) is 17.3 Å². The maximum atomic E-state index is 11.7. The Kier molecular flexibility index (Phi) is 6.14. The molecule has 0 aromatic carbocycles. The van der Waals surface area contributed by atoms with Crippen molar-refractivity contribution in [2.24, 2.45) is 17.3 Å². The van der Waals surface area contributed by atoms with E-state index in [9.17, 15) is 9.59 Å². The molecule has 1 fully saturated rings. The smallest absolute Gasteiger partial charge is 0.311 e. The van der Waals surface area contributed by atoms with E-state index in [2.05, 4.69) is 0 Å². The van der Waals surface area contributed by atoms with Crippen molar-refractivity contribution in [3.63, 3.8) is 0 Å². The number of esters is 1. The molecule has 0 saturated carbocycles. The van der Waals surface area contributed by atoms with Crippen molar-refractivity contribution in [3.8, 4) is 0 Å². The van der Waals surface area contributed by atoms with Crippen LogP contribution in [-0.2, 0) is 23.8 Å². The first-order valence-electron chi connectivity index (χ1n) is 7.08. The number of hydrogen-bond donors (Lipinski definition) is 0. The van der Waals surface area contributed by atoms with Gasteiger partial charge in [-0.15, -0.1) is 0 Å². The van der Waals surface area contributed by atoms with Gasteiger partial charge in [-0.2, -0.15) is 0 Å². The molecule has 0 bridgehead atoms. The van der Waals surface area contributed by atoms with Crippen LogP contribution in [0.3, 0.4) is 0 Å². The predicted molar refractivity (Wildman–Crippen MR) is 74.0 cm³/mol. The summed E-state index contributed by atoms with van der Waals surface area (Å²) in [7, 11) is 1.57. The van der Waals surface area contributed by atoms with E-state index >= 15 is 0 Å². The molecule has 5 nitrogen and oxygen atoms in total. The lowest BCUT2D eigenvalue weighted by Gasteiger charge is -2.21. The molecule has 0 amide bonds. The quantitative estimate of drug-likeness (QED) is 0.553. The van der Waals surface area contributed by atoms with Gasteiger partial charge >= 0.3 is 5.97 Å². The number of rotatable bonds is 6. The molecule has 0 aliphatic carbocycles. The first kappa shape index (κ1) is 17.1. The summed E-state index contributed by atoms with van der Waals surface area (Å²) in [5.74, 6) is 0.113. The molecule has 116 valence electrons. The molecule has 1 saturated heterocycles. The number of ether oxygens (including phenoxy) is 3. The van der Waals surface area contributed by atoms with Crippen LogP contribution >= 0.6 is 0 Å². The minimum Gasteiger partial charge on any atom is -0.465 e. The van der Waals surface area contributed by atoms with Gasteiger partial charge in [0, 0.05) is 13.5 Å². The van der Waals surface area contributed by atoms with Crippen LogP contribution in [0.2, 0.25) is 0 Å². The summed E-state index contributed by atoms with van der Waals surface area (Å²) in [5.41, 5.74) is -0.483. The standard InChI is InChI=1S/C15H26O5/c1-10(9-19-14(17)15(2,3)4)6-11-7-13(18-5)20-12(11)8-16/h8,10-13H,6-7,9H2,1-5H3/t10-,11-,12-,13-/m1/s1. The normalized spacial score (nSPS) is 28.1. The van der Waals surface area contributed by atoms with Crippen molar-refractivity contribution in [2.75, 3.05) is 13.7 Å². The Balaban J connectivity index is 2.40. The fourth-order valence-corrected chi connectivity index (χ4v) is 2.27. The largest absolute Gasteiger partial charge is 0.465 e. The highest BCUT2D eigenvalue weighted by Gasteiger charge is 2.36. The molecule has 1 aliphatic heterocycles. The summed E-state index contributed by atoms with van der Waals surface area (Å²) in [4.78, 5) is 22.7. The van der Waals surface area contributed by atoms with E-state index in [1.807, 2.05) is 27.7 Å². The number of methoxy groups -OCH3 is 1. The average molecular weight is 286 g/mol. The lowest BCUT2D eigenvalue weighted by Crippen LogP contribution is -2.26. The first-order valence-corrected chi connectivity index (χ1v) is 7.08. The first-order chi connectivity index (χ1) is 9.27. The van der Waals surface area contributed by atoms with Crippen LogP contribution in [0.1, 0.15) is 40.5 Å². The van der Waals surface area contributed by atoms with Gasteiger partial charge in [-0.1, -0.05) is 6.92 Å². The van der Waals surface area contributed by atoms with Crippen LogP contribution < -0.4 is 0 Å². The lowest BCUT2D eigenvalue weighted by molar-refractivity contribution is -0.154. The fraction of sp³-hybridized carbons (Fsp3) is 0.867. The van der Waals surface area contributed by atoms with Crippen molar-refractivity contribution >= 4 is 12.3 Å². The van der Waals surface area contributed by atoms with Gasteiger partial charge in [-0.25, -0.2) is 0 Å². The zero-order chi connectivity index (χ0) is 15.3. The van der Waals surface area contributed by atoms with Gasteiger partial charge in [0.1, 0.15) is 12.4 Å². The van der Waals surface area contributed by atoms with Gasteiger partial charge in [0.25, 0.3) is 0 Å². The van der Waals surface area contributed by atoms with Crippen LogP contribution in [0.25, 0.3) is 0 Å². The maximum Gasteiger partial charge on any atom is 0.311 e. The molecule has 1 rings (SSSR count). The summed E-state index contributed by atoms with van der Waals surface area (Å²) >= 11 is 0. The zero-order valence-corrected chi connectivity index (χ0v) is 13.0. The number of carbonyl (C=O) groups excluding carboxylic acids is 2. The fourth-order valence-electron chi connectivity index (χ4n) is 2.27. The molecule has 1 heterocycles. The predicted octanol–water partition coefficient (Wildman–Crippen LogP) is 2.18. The second-order valence-corrected chi connectivity index (χ2v) is 6.59. The molecule has 0 spiro atoms. The molecule has 5 heteroatoms. The molecule has 4 atom stereocenters. The van der Waals surface area contributed by atoms with E-state index in [4.69, 9.17) is 14.2 Å². The molecule has 0 aromatic rings. The molecule has 0 N–H and O–H groups in total. The highest BCUT2D eigenvalue weighted by Crippen LogP contribution is 2.31. The van der Waals surface area contributed by atoms with Crippen molar-refractivity contribution in [1.82, 2.24) is 0 Å². The molecule has 0 aromatic heterocycles. The van der Waals surface area contributed by atoms with E-state index in [1.54, 1.807) is 7.11 Å². The van der Waals surface area contributed by atoms with E-state index in [0.717, 1.165) is 12.7 Å². The zero-order valence-electron chi connectivity index (χ0n) is 13.0. The third kappa shape index (κ3) is 4.87. The summed E-state index contributed by atoms with van der Waals surface area (Å²) in [5, 5.41) is 0. The second kappa shape index (κ2) is 7.18. The topological polar surface area (TPSA) is 61.8 Å². The molecular weight excluding hydrogens is 260 g/mol. The highest BCUT2D eigenvalue weighted by atomic mass is 16.7. The highest BCUT2D eigenvalue weighted by molar-refractivity contribution is 5.75. The lowest BCUT2D eigenvalue weighted by atomic mass is 9.91. The van der Waals surface area contributed by atoms with Crippen LogP contribution in [0.5, 0.6) is 0 Å². The maximum absolute atomic E-state index is 11.7. The summed E-state index contributed by atoms with van der Waals surface area (Å²) in [6.07, 6.45) is 1.59. The summed E-state index contributed by atoms with van der Waals surface area (Å²) < 4.78 is 15.9. The Morgan fingerprint density at radius 2 is 2.10 bits per heavy atom. The Morgan fingerprint density at radius 3 is 2.60 bits per heavy atom. The Bertz CT molecular complexity index is 334. The van der Waals surface area contributed by atoms with Gasteiger partial charge in [0.05, 0.1) is 12.0 Å². The van der Waals surface area contributed by atoms with Crippen molar-refractivity contribution < 1.29 is 23.8 Å². The van der Waals surface area contributed by atoms with Crippen LogP contribution in [-0.4, -0.2) is 38.4 Å². The minimum absolute atomic E-state index is 0.126. The van der Waals surface area contributed by atoms with Gasteiger partial charge in [0.2, 0.25) is 0 Å². The SMILES string of the molecule is CO[C@H]1C[C@@H](C[C@@H](C)COC(=O)C(C)(C)C)[C@@H](C=O)O1. The van der Waals surface area contributed by atoms with Gasteiger partial charge in [0.15, 0.2) is 6.29 Å². The third-order valence-corrected chi connectivity index (χ3v) is 3.48. The van der Waals surface area contributed by atoms with Crippen molar-refractivity contribution in [1.29, 1.82) is 0 Å². The Hall–Kier alpha value is -0.940. The van der Waals surface area contributed by atoms with Crippen molar-refractivity contribution in [3.05, 3.63) is 0 Å². The number of aldehydes is 1. The monoisotopic (exact) mass is 286 g/mol. The van der Waals surface area contributed by atoms with Gasteiger partial charge < -0.3 is 19.0 Å². The molecule has 0 unspecified atom stereocenters. The number of carbonyl (C=O) groups is 2. The van der Waals surface area contributed by atoms with Gasteiger partial charge in [-0.05, 0) is 39.0 Å². The molecular formula is C15H26O5. The van der Waals surface area contributed by atoms with E-state index in [1.165, 1.54) is 0 Å². The molecule has 20 heavy (non-hydrogen) atoms. The van der Waals surface area contributed by atoms with E-state index in [-0.39, 0.29) is 24.1 Å². The third-order valence-electron chi connectivity index (χ3n) is 3.48. The molecule has 0 radical (unpaired) electrons. The number of hydrogen-bond acceptors (Lipinski definition) is 5. The van der Waals surface area contributed by atoms with Gasteiger partial charge in [-0.3, -0.25) is 4.79 Å². The Labute approximate surface area is 121 Å². The van der Waals surface area contributed by atoms with Crippen LogP contribution in [0.15, 0.2) is 0 Å². The van der Waals surface area contributed by atoms with Crippen LogP contribution in [0.4, 0.5) is 0 Å². The average Bonchev–Trinajstić information content (AvgIpc) is 2.76. The minimum atomic E-state index is -0.483. The van der Waals surface area contributed by atoms with Crippen molar-refractivity contribution in [2.45, 2.75) is 52.9 Å². The Morgan fingerprint density at radius 1 is 1.45 bits per heavy atom. The molecule has 1 aliphatic rings. The van der Waals surface area contributed by atoms with E-state index < -0.39 is 11.5 Å². The van der Waals surface area contributed by atoms with E-state index in [0.29, 0.717) is 13.0 Å². The summed E-state index contributed by atoms with van der Waals surface area (Å²) in [6, 6.07) is 0. The summed E-state index contributed by atoms with van der Waals surface area (Å²) in [6.45, 7) is 7.87. The second-order valence-electron chi connectivity index (χ2n) is 6.59.